The van der Waals surface area contributed by atoms with E-state index in [0.717, 1.165) is 18.5 Å². The summed E-state index contributed by atoms with van der Waals surface area (Å²) in [5.74, 6) is 2.03. The predicted octanol–water partition coefficient (Wildman–Crippen LogP) is 2.47. The van der Waals surface area contributed by atoms with Gasteiger partial charge in [0.25, 0.3) is 0 Å². The monoisotopic (exact) mass is 439 g/mol. The van der Waals surface area contributed by atoms with Gasteiger partial charge in [0.05, 0.1) is 23.8 Å². The van der Waals surface area contributed by atoms with Crippen molar-refractivity contribution in [3.63, 3.8) is 0 Å². The van der Waals surface area contributed by atoms with Crippen molar-refractivity contribution in [2.24, 2.45) is 18.9 Å². The highest BCUT2D eigenvalue weighted by atomic mass is 35.5. The summed E-state index contributed by atoms with van der Waals surface area (Å²) in [6, 6.07) is 0.222. The van der Waals surface area contributed by atoms with Crippen LogP contribution in [-0.2, 0) is 17.1 Å². The molecule has 0 spiro atoms. The van der Waals surface area contributed by atoms with E-state index >= 15 is 0 Å². The minimum atomic E-state index is -3.11. The summed E-state index contributed by atoms with van der Waals surface area (Å²) in [5.41, 5.74) is 0.796. The fourth-order valence-electron chi connectivity index (χ4n) is 4.33. The molecule has 3 heterocycles. The Balaban J connectivity index is 1.38. The smallest absolute Gasteiger partial charge is 0.229 e. The molecule has 9 nitrogen and oxygen atoms in total. The SMILES string of the molecule is CCCS(=O)(=O)N1CC2CC(Nc3nc(Nc4cnn(C)c4)ncc3Cl)CC2C1. The standard InChI is InChI=1S/C18H26ClN7O2S/c1-3-4-29(27,28)26-9-12-5-14(6-13(12)10-26)22-17-16(19)8-20-18(24-17)23-15-7-21-25(2)11-15/h7-8,11-14H,3-6,9-10H2,1-2H3,(H2,20,22,23,24). The van der Waals surface area contributed by atoms with Crippen molar-refractivity contribution in [3.05, 3.63) is 23.6 Å². The highest BCUT2D eigenvalue weighted by molar-refractivity contribution is 7.89. The van der Waals surface area contributed by atoms with Gasteiger partial charge in [-0.1, -0.05) is 18.5 Å². The summed E-state index contributed by atoms with van der Waals surface area (Å²) >= 11 is 6.30. The van der Waals surface area contributed by atoms with Gasteiger partial charge in [0.2, 0.25) is 16.0 Å². The van der Waals surface area contributed by atoms with Crippen LogP contribution in [0.1, 0.15) is 26.2 Å². The third-order valence-electron chi connectivity index (χ3n) is 5.62. The minimum absolute atomic E-state index is 0.222. The van der Waals surface area contributed by atoms with Crippen LogP contribution in [0.4, 0.5) is 17.5 Å². The molecule has 2 fully saturated rings. The van der Waals surface area contributed by atoms with Gasteiger partial charge in [0, 0.05) is 32.4 Å². The Labute approximate surface area is 175 Å². The summed E-state index contributed by atoms with van der Waals surface area (Å²) in [5, 5.41) is 11.1. The molecule has 1 aliphatic heterocycles. The molecule has 2 atom stereocenters. The van der Waals surface area contributed by atoms with Crippen molar-refractivity contribution in [2.45, 2.75) is 32.2 Å². The Bertz CT molecular complexity index is 966. The zero-order valence-electron chi connectivity index (χ0n) is 16.5. The van der Waals surface area contributed by atoms with Gasteiger partial charge in [-0.25, -0.2) is 17.7 Å². The molecule has 2 unspecified atom stereocenters. The van der Waals surface area contributed by atoms with Crippen LogP contribution < -0.4 is 10.6 Å². The molecular formula is C18H26ClN7O2S. The van der Waals surface area contributed by atoms with Crippen molar-refractivity contribution in [1.29, 1.82) is 0 Å². The van der Waals surface area contributed by atoms with Gasteiger partial charge in [-0.15, -0.1) is 0 Å². The van der Waals surface area contributed by atoms with Crippen LogP contribution in [0.3, 0.4) is 0 Å². The van der Waals surface area contributed by atoms with Crippen LogP contribution >= 0.6 is 11.6 Å². The van der Waals surface area contributed by atoms with Gasteiger partial charge in [0.1, 0.15) is 5.02 Å². The number of rotatable bonds is 7. The topological polar surface area (TPSA) is 105 Å². The van der Waals surface area contributed by atoms with E-state index in [0.29, 0.717) is 48.1 Å². The second kappa shape index (κ2) is 8.08. The summed E-state index contributed by atoms with van der Waals surface area (Å²) in [6.45, 7) is 3.14. The number of halogens is 1. The fourth-order valence-corrected chi connectivity index (χ4v) is 6.08. The van der Waals surface area contributed by atoms with E-state index in [1.165, 1.54) is 0 Å². The molecule has 158 valence electrons. The number of nitrogens with zero attached hydrogens (tertiary/aromatic N) is 5. The van der Waals surface area contributed by atoms with Crippen LogP contribution in [0.5, 0.6) is 0 Å². The largest absolute Gasteiger partial charge is 0.366 e. The maximum absolute atomic E-state index is 12.3. The average molecular weight is 440 g/mol. The molecular weight excluding hydrogens is 414 g/mol. The Morgan fingerprint density at radius 2 is 1.97 bits per heavy atom. The first-order valence-electron chi connectivity index (χ1n) is 9.86. The van der Waals surface area contributed by atoms with Crippen LogP contribution in [0.25, 0.3) is 0 Å². The number of aromatic nitrogens is 4. The Kier molecular flexibility index (Phi) is 5.67. The Hall–Kier alpha value is -1.91. The van der Waals surface area contributed by atoms with E-state index in [1.807, 2.05) is 20.2 Å². The van der Waals surface area contributed by atoms with Gasteiger partial charge in [-0.3, -0.25) is 4.68 Å². The number of hydrogen-bond acceptors (Lipinski definition) is 7. The molecule has 11 heteroatoms. The molecule has 4 rings (SSSR count). The number of hydrogen-bond donors (Lipinski definition) is 2. The molecule has 0 bridgehead atoms. The maximum atomic E-state index is 12.3. The minimum Gasteiger partial charge on any atom is -0.366 e. The lowest BCUT2D eigenvalue weighted by atomic mass is 10.0. The first-order chi connectivity index (χ1) is 13.8. The van der Waals surface area contributed by atoms with Crippen LogP contribution in [0, 0.1) is 11.8 Å². The van der Waals surface area contributed by atoms with E-state index in [2.05, 4.69) is 25.7 Å². The lowest BCUT2D eigenvalue weighted by molar-refractivity contribution is 0.439. The van der Waals surface area contributed by atoms with Gasteiger partial charge in [-0.05, 0) is 31.1 Å². The van der Waals surface area contributed by atoms with E-state index in [9.17, 15) is 8.42 Å². The van der Waals surface area contributed by atoms with Crippen LogP contribution in [0.15, 0.2) is 18.6 Å². The normalized spacial score (nSPS) is 24.6. The third-order valence-corrected chi connectivity index (χ3v) is 7.90. The van der Waals surface area contributed by atoms with Gasteiger partial charge < -0.3 is 10.6 Å². The third kappa shape index (κ3) is 4.49. The highest BCUT2D eigenvalue weighted by Gasteiger charge is 2.44. The first kappa shape index (κ1) is 20.4. The number of anilines is 3. The van der Waals surface area contributed by atoms with Gasteiger partial charge in [0.15, 0.2) is 5.82 Å². The fraction of sp³-hybridized carbons (Fsp3) is 0.611. The summed E-state index contributed by atoms with van der Waals surface area (Å²) < 4.78 is 28.0. The second-order valence-electron chi connectivity index (χ2n) is 7.88. The summed E-state index contributed by atoms with van der Waals surface area (Å²) in [4.78, 5) is 8.73. The maximum Gasteiger partial charge on any atom is 0.229 e. The first-order valence-corrected chi connectivity index (χ1v) is 11.9. The molecule has 2 N–H and O–H groups in total. The molecule has 2 aromatic heterocycles. The molecule has 0 radical (unpaired) electrons. The van der Waals surface area contributed by atoms with Gasteiger partial charge in [-0.2, -0.15) is 10.1 Å². The quantitative estimate of drug-likeness (QED) is 0.682. The molecule has 2 aromatic rings. The molecule has 29 heavy (non-hydrogen) atoms. The zero-order valence-corrected chi connectivity index (χ0v) is 18.1. The molecule has 2 aliphatic rings. The Morgan fingerprint density at radius 1 is 1.24 bits per heavy atom. The lowest BCUT2D eigenvalue weighted by Gasteiger charge is -2.20. The lowest BCUT2D eigenvalue weighted by Crippen LogP contribution is -2.32. The molecule has 1 saturated carbocycles. The van der Waals surface area contributed by atoms with Crippen molar-refractivity contribution in [2.75, 3.05) is 29.5 Å². The van der Waals surface area contributed by atoms with Crippen molar-refractivity contribution >= 4 is 39.1 Å². The molecule has 1 saturated heterocycles. The van der Waals surface area contributed by atoms with E-state index in [-0.39, 0.29) is 11.8 Å². The number of aryl methyl sites for hydroxylation is 1. The van der Waals surface area contributed by atoms with E-state index in [1.54, 1.807) is 21.4 Å². The Morgan fingerprint density at radius 3 is 2.59 bits per heavy atom. The summed E-state index contributed by atoms with van der Waals surface area (Å²) in [6.07, 6.45) is 7.58. The van der Waals surface area contributed by atoms with Crippen molar-refractivity contribution < 1.29 is 8.42 Å². The van der Waals surface area contributed by atoms with Gasteiger partial charge >= 0.3 is 0 Å². The average Bonchev–Trinajstić information content (AvgIpc) is 3.33. The van der Waals surface area contributed by atoms with Crippen LogP contribution in [0.2, 0.25) is 5.02 Å². The van der Waals surface area contributed by atoms with Crippen molar-refractivity contribution in [1.82, 2.24) is 24.1 Å². The number of sulfonamides is 1. The molecule has 1 aliphatic carbocycles. The zero-order chi connectivity index (χ0) is 20.6. The molecule has 0 aromatic carbocycles. The molecule has 0 amide bonds. The van der Waals surface area contributed by atoms with Crippen LogP contribution in [-0.4, -0.2) is 57.4 Å². The number of nitrogens with one attached hydrogen (secondary N) is 2. The van der Waals surface area contributed by atoms with Crippen molar-refractivity contribution in [3.8, 4) is 0 Å². The van der Waals surface area contributed by atoms with E-state index < -0.39 is 10.0 Å². The second-order valence-corrected chi connectivity index (χ2v) is 10.4. The highest BCUT2D eigenvalue weighted by Crippen LogP contribution is 2.40. The predicted molar refractivity (Wildman–Crippen MR) is 113 cm³/mol. The number of fused-ring (bicyclic) bond motifs is 1. The van der Waals surface area contributed by atoms with E-state index in [4.69, 9.17) is 11.6 Å². The summed E-state index contributed by atoms with van der Waals surface area (Å²) in [7, 11) is -1.27.